The number of anilines is 1. The van der Waals surface area contributed by atoms with E-state index in [0.29, 0.717) is 23.0 Å². The molecule has 1 atom stereocenters. The number of hydrogen-bond acceptors (Lipinski definition) is 10. The Morgan fingerprint density at radius 3 is 2.70 bits per heavy atom. The summed E-state index contributed by atoms with van der Waals surface area (Å²) in [4.78, 5) is 16.3. The molecule has 1 aliphatic rings. The fourth-order valence-corrected chi connectivity index (χ4v) is 4.77. The van der Waals surface area contributed by atoms with Crippen LogP contribution >= 0.6 is 11.3 Å². The van der Waals surface area contributed by atoms with Crippen LogP contribution in [-0.4, -0.2) is 56.0 Å². The van der Waals surface area contributed by atoms with Gasteiger partial charge in [0.1, 0.15) is 6.10 Å². The third-order valence-electron chi connectivity index (χ3n) is 5.97. The summed E-state index contributed by atoms with van der Waals surface area (Å²) in [6, 6.07) is 4.38. The van der Waals surface area contributed by atoms with Gasteiger partial charge < -0.3 is 18.9 Å². The maximum atomic E-state index is 6.20. The Morgan fingerprint density at radius 1 is 1.18 bits per heavy atom. The van der Waals surface area contributed by atoms with Crippen molar-refractivity contribution in [2.75, 3.05) is 25.1 Å². The van der Waals surface area contributed by atoms with Crippen LogP contribution in [0.15, 0.2) is 29.0 Å². The third-order valence-corrected chi connectivity index (χ3v) is 6.79. The van der Waals surface area contributed by atoms with Crippen molar-refractivity contribution in [2.24, 2.45) is 5.92 Å². The third kappa shape index (κ3) is 4.50. The molecule has 10 nitrogen and oxygen atoms in total. The summed E-state index contributed by atoms with van der Waals surface area (Å²) in [6.45, 7) is 7.98. The van der Waals surface area contributed by atoms with Crippen molar-refractivity contribution in [2.45, 2.75) is 45.6 Å². The molecule has 1 aliphatic heterocycles. The second-order valence-corrected chi connectivity index (χ2v) is 9.46. The Balaban J connectivity index is 1.19. The molecule has 0 amide bonds. The average molecular weight is 470 g/mol. The summed E-state index contributed by atoms with van der Waals surface area (Å²) in [7, 11) is 1.60. The molecule has 11 heteroatoms. The molecule has 1 fully saturated rings. The molecular weight excluding hydrogens is 442 g/mol. The van der Waals surface area contributed by atoms with Gasteiger partial charge in [-0.15, -0.1) is 5.10 Å². The lowest BCUT2D eigenvalue weighted by atomic mass is 9.92. The summed E-state index contributed by atoms with van der Waals surface area (Å²) in [5, 5.41) is 9.28. The van der Waals surface area contributed by atoms with Gasteiger partial charge in [-0.1, -0.05) is 19.0 Å². The Kier molecular flexibility index (Phi) is 5.88. The summed E-state index contributed by atoms with van der Waals surface area (Å²) in [6.07, 6.45) is 5.65. The first-order valence-electron chi connectivity index (χ1n) is 11.1. The molecule has 0 saturated carbocycles. The van der Waals surface area contributed by atoms with Gasteiger partial charge in [-0.3, -0.25) is 0 Å². The van der Waals surface area contributed by atoms with Gasteiger partial charge in [-0.05, 0) is 43.1 Å². The van der Waals surface area contributed by atoms with E-state index in [1.807, 2.05) is 18.3 Å². The molecule has 0 aromatic carbocycles. The number of imidazole rings is 1. The van der Waals surface area contributed by atoms with Crippen molar-refractivity contribution < 1.29 is 14.0 Å². The Bertz CT molecular complexity index is 1190. The van der Waals surface area contributed by atoms with E-state index in [1.54, 1.807) is 17.8 Å². The molecule has 4 aromatic rings. The minimum atomic E-state index is 0.0563. The van der Waals surface area contributed by atoms with Crippen LogP contribution in [0.1, 0.15) is 45.4 Å². The first-order valence-corrected chi connectivity index (χ1v) is 11.9. The molecule has 0 radical (unpaired) electrons. The first kappa shape index (κ1) is 21.6. The van der Waals surface area contributed by atoms with Crippen LogP contribution < -0.4 is 14.4 Å². The number of ether oxygens (including phenoxy) is 2. The van der Waals surface area contributed by atoms with Gasteiger partial charge in [0.2, 0.25) is 10.8 Å². The van der Waals surface area contributed by atoms with Crippen molar-refractivity contribution in [3.8, 4) is 22.3 Å². The second kappa shape index (κ2) is 8.97. The van der Waals surface area contributed by atoms with E-state index in [2.05, 4.69) is 50.9 Å². The minimum absolute atomic E-state index is 0.0563. The number of pyridine rings is 1. The molecule has 174 valence electrons. The highest BCUT2D eigenvalue weighted by molar-refractivity contribution is 7.18. The maximum Gasteiger partial charge on any atom is 0.324 e. The number of fused-ring (bicyclic) bond motifs is 1. The largest absolute Gasteiger partial charge is 0.481 e. The fraction of sp³-hybridized carbons (Fsp3) is 0.500. The number of piperidine rings is 1. The van der Waals surface area contributed by atoms with E-state index < -0.39 is 0 Å². The molecule has 4 aromatic heterocycles. The van der Waals surface area contributed by atoms with E-state index in [4.69, 9.17) is 14.0 Å². The lowest BCUT2D eigenvalue weighted by Crippen LogP contribution is -2.38. The summed E-state index contributed by atoms with van der Waals surface area (Å²) in [5.41, 5.74) is 1.76. The van der Waals surface area contributed by atoms with E-state index >= 15 is 0 Å². The van der Waals surface area contributed by atoms with E-state index in [0.717, 1.165) is 48.0 Å². The zero-order valence-electron chi connectivity index (χ0n) is 19.1. The molecule has 0 aliphatic carbocycles. The van der Waals surface area contributed by atoms with E-state index in [-0.39, 0.29) is 12.0 Å². The number of methoxy groups -OCH3 is 1. The highest BCUT2D eigenvalue weighted by atomic mass is 32.1. The molecular formula is C22H27N7O3S. The predicted molar refractivity (Wildman–Crippen MR) is 124 cm³/mol. The lowest BCUT2D eigenvalue weighted by Gasteiger charge is -2.33. The molecule has 5 heterocycles. The first-order chi connectivity index (χ1) is 16.0. The molecule has 0 unspecified atom stereocenters. The Hall–Kier alpha value is -3.21. The van der Waals surface area contributed by atoms with E-state index in [1.165, 1.54) is 11.3 Å². The van der Waals surface area contributed by atoms with Crippen molar-refractivity contribution in [3.05, 3.63) is 30.4 Å². The molecule has 1 saturated heterocycles. The molecule has 5 rings (SSSR count). The van der Waals surface area contributed by atoms with Gasteiger partial charge in [0.05, 0.1) is 19.0 Å². The van der Waals surface area contributed by atoms with E-state index in [9.17, 15) is 0 Å². The molecule has 0 bridgehead atoms. The fourth-order valence-electron chi connectivity index (χ4n) is 3.95. The predicted octanol–water partition coefficient (Wildman–Crippen LogP) is 4.05. The SMILES string of the molecule is COc1cc(-c2cn3nc(O[C@@H](C)C4CCN(c5nc(C(C)C)no5)CC4)sc3n2)ccn1. The van der Waals surface area contributed by atoms with Crippen LogP contribution in [0, 0.1) is 5.92 Å². The highest BCUT2D eigenvalue weighted by Crippen LogP contribution is 2.31. The van der Waals surface area contributed by atoms with Crippen LogP contribution in [0.4, 0.5) is 6.01 Å². The van der Waals surface area contributed by atoms with Crippen LogP contribution in [-0.2, 0) is 0 Å². The van der Waals surface area contributed by atoms with Crippen LogP contribution in [0.5, 0.6) is 11.1 Å². The van der Waals surface area contributed by atoms with Gasteiger partial charge in [0, 0.05) is 36.8 Å². The van der Waals surface area contributed by atoms with Gasteiger partial charge in [0.25, 0.3) is 5.19 Å². The minimum Gasteiger partial charge on any atom is -0.481 e. The lowest BCUT2D eigenvalue weighted by molar-refractivity contribution is 0.130. The van der Waals surface area contributed by atoms with Crippen molar-refractivity contribution in [1.82, 2.24) is 29.7 Å². The zero-order chi connectivity index (χ0) is 22.9. The molecule has 33 heavy (non-hydrogen) atoms. The normalized spacial score (nSPS) is 16.0. The summed E-state index contributed by atoms with van der Waals surface area (Å²) < 4.78 is 18.6. The quantitative estimate of drug-likeness (QED) is 0.396. The van der Waals surface area contributed by atoms with Gasteiger partial charge in [-0.2, -0.15) is 4.98 Å². The maximum absolute atomic E-state index is 6.20. The van der Waals surface area contributed by atoms with Gasteiger partial charge >= 0.3 is 6.01 Å². The van der Waals surface area contributed by atoms with Crippen LogP contribution in [0.2, 0.25) is 0 Å². The molecule has 0 N–H and O–H groups in total. The Labute approximate surface area is 195 Å². The molecule has 0 spiro atoms. The number of hydrogen-bond donors (Lipinski definition) is 0. The van der Waals surface area contributed by atoms with Gasteiger partial charge in [-0.25, -0.2) is 14.5 Å². The number of aromatic nitrogens is 6. The number of rotatable bonds is 7. The smallest absolute Gasteiger partial charge is 0.324 e. The number of nitrogens with zero attached hydrogens (tertiary/aromatic N) is 7. The van der Waals surface area contributed by atoms with Crippen LogP contribution in [0.3, 0.4) is 0 Å². The van der Waals surface area contributed by atoms with Crippen molar-refractivity contribution in [3.63, 3.8) is 0 Å². The summed E-state index contributed by atoms with van der Waals surface area (Å²) >= 11 is 1.45. The van der Waals surface area contributed by atoms with Crippen molar-refractivity contribution >= 4 is 22.3 Å². The average Bonchev–Trinajstić information content (AvgIpc) is 3.54. The second-order valence-electron chi connectivity index (χ2n) is 8.55. The topological polar surface area (TPSA) is 104 Å². The van der Waals surface area contributed by atoms with Crippen LogP contribution in [0.25, 0.3) is 16.2 Å². The monoisotopic (exact) mass is 469 g/mol. The van der Waals surface area contributed by atoms with Crippen molar-refractivity contribution in [1.29, 1.82) is 0 Å². The Morgan fingerprint density at radius 2 is 2.00 bits per heavy atom. The standard InChI is InChI=1S/C22H27N7O3S/c1-13(2)19-25-20(32-27-19)28-9-6-15(7-10-28)14(3)31-22-26-29-12-17(24-21(29)33-22)16-5-8-23-18(11-16)30-4/h5,8,11-15H,6-7,9-10H2,1-4H3/t14-/m0/s1. The van der Waals surface area contributed by atoms with Gasteiger partial charge in [0.15, 0.2) is 5.82 Å². The zero-order valence-corrected chi connectivity index (χ0v) is 19.9. The summed E-state index contributed by atoms with van der Waals surface area (Å²) in [5.74, 6) is 2.00. The highest BCUT2D eigenvalue weighted by Gasteiger charge is 2.28.